The van der Waals surface area contributed by atoms with E-state index in [0.29, 0.717) is 5.41 Å². The quantitative estimate of drug-likeness (QED) is 0.538. The van der Waals surface area contributed by atoms with Crippen LogP contribution in [0.5, 0.6) is 0 Å². The minimum atomic E-state index is 0.507. The Kier molecular flexibility index (Phi) is 5.49. The average molecular weight is 346 g/mol. The van der Waals surface area contributed by atoms with E-state index in [1.165, 1.54) is 36.8 Å². The summed E-state index contributed by atoms with van der Waals surface area (Å²) in [5.74, 6) is 0.746. The van der Waals surface area contributed by atoms with E-state index in [-0.39, 0.29) is 0 Å². The summed E-state index contributed by atoms with van der Waals surface area (Å²) >= 11 is 5.43. The van der Waals surface area contributed by atoms with Gasteiger partial charge in [-0.15, -0.1) is 0 Å². The lowest BCUT2D eigenvalue weighted by Crippen LogP contribution is -2.59. The first-order chi connectivity index (χ1) is 11.5. The molecule has 2 fully saturated rings. The maximum Gasteiger partial charge on any atom is 0.259 e. The van der Waals surface area contributed by atoms with E-state index >= 15 is 0 Å². The third-order valence-electron chi connectivity index (χ3n) is 5.80. The average Bonchev–Trinajstić information content (AvgIpc) is 2.52. The number of nitrogens with zero attached hydrogens (tertiary/aromatic N) is 1. The molecule has 0 aromatic heterocycles. The fraction of sp³-hybridized carbons (Fsp3) is 0.667. The predicted molar refractivity (Wildman–Crippen MR) is 105 cm³/mol. The van der Waals surface area contributed by atoms with Crippen molar-refractivity contribution in [2.75, 3.05) is 19.7 Å². The highest BCUT2D eigenvalue weighted by Gasteiger charge is 2.46. The maximum absolute atomic E-state index is 5.69. The van der Waals surface area contributed by atoms with Crippen LogP contribution in [0.4, 0.5) is 0 Å². The lowest BCUT2D eigenvalue weighted by Gasteiger charge is -2.54. The maximum atomic E-state index is 5.69. The SMILES string of the molecule is CCCCOC(=S)N1CC2(CCC(c3cc(C)cc(C)c3)CC2)C1. The molecule has 1 heterocycles. The van der Waals surface area contributed by atoms with E-state index in [0.717, 1.165) is 43.6 Å². The smallest absolute Gasteiger partial charge is 0.259 e. The van der Waals surface area contributed by atoms with E-state index in [9.17, 15) is 0 Å². The Morgan fingerprint density at radius 1 is 1.17 bits per heavy atom. The molecule has 0 unspecified atom stereocenters. The molecule has 1 saturated heterocycles. The van der Waals surface area contributed by atoms with E-state index in [1.54, 1.807) is 5.56 Å². The molecule has 1 aromatic rings. The number of hydrogen-bond donors (Lipinski definition) is 0. The second-order valence-electron chi connectivity index (χ2n) is 8.02. The summed E-state index contributed by atoms with van der Waals surface area (Å²) < 4.78 is 5.69. The van der Waals surface area contributed by atoms with Gasteiger partial charge in [0.15, 0.2) is 0 Å². The zero-order valence-electron chi connectivity index (χ0n) is 15.4. The molecule has 0 radical (unpaired) electrons. The third kappa shape index (κ3) is 3.93. The van der Waals surface area contributed by atoms with Gasteiger partial charge in [-0.2, -0.15) is 0 Å². The summed E-state index contributed by atoms with van der Waals surface area (Å²) in [5, 5.41) is 0.727. The highest BCUT2D eigenvalue weighted by molar-refractivity contribution is 7.80. The third-order valence-corrected chi connectivity index (χ3v) is 6.17. The molecule has 2 aliphatic rings. The summed E-state index contributed by atoms with van der Waals surface area (Å²) in [7, 11) is 0. The molecule has 3 rings (SSSR count). The highest BCUT2D eigenvalue weighted by atomic mass is 32.1. The Labute approximate surface area is 152 Å². The number of likely N-dealkylation sites (tertiary alicyclic amines) is 1. The number of aryl methyl sites for hydroxylation is 2. The van der Waals surface area contributed by atoms with Crippen LogP contribution in [0.2, 0.25) is 0 Å². The van der Waals surface area contributed by atoms with Gasteiger partial charge in [-0.3, -0.25) is 0 Å². The zero-order valence-corrected chi connectivity index (χ0v) is 16.3. The minimum absolute atomic E-state index is 0.507. The summed E-state index contributed by atoms with van der Waals surface area (Å²) in [6, 6.07) is 7.05. The van der Waals surface area contributed by atoms with Crippen LogP contribution >= 0.6 is 12.2 Å². The van der Waals surface area contributed by atoms with Crippen LogP contribution in [-0.4, -0.2) is 29.8 Å². The molecule has 0 amide bonds. The largest absolute Gasteiger partial charge is 0.471 e. The topological polar surface area (TPSA) is 12.5 Å². The van der Waals surface area contributed by atoms with Crippen molar-refractivity contribution in [3.05, 3.63) is 34.9 Å². The van der Waals surface area contributed by atoms with Gasteiger partial charge in [-0.25, -0.2) is 0 Å². The minimum Gasteiger partial charge on any atom is -0.471 e. The van der Waals surface area contributed by atoms with Crippen LogP contribution < -0.4 is 0 Å². The van der Waals surface area contributed by atoms with Crippen molar-refractivity contribution in [2.24, 2.45) is 5.41 Å². The van der Waals surface area contributed by atoms with E-state index < -0.39 is 0 Å². The first kappa shape index (κ1) is 17.7. The van der Waals surface area contributed by atoms with Crippen LogP contribution in [-0.2, 0) is 4.74 Å². The highest BCUT2D eigenvalue weighted by Crippen LogP contribution is 2.48. The molecular weight excluding hydrogens is 314 g/mol. The molecule has 2 nitrogen and oxygen atoms in total. The van der Waals surface area contributed by atoms with Crippen molar-refractivity contribution in [2.45, 2.75) is 65.2 Å². The molecule has 24 heavy (non-hydrogen) atoms. The number of thiocarbonyl (C=S) groups is 1. The molecule has 0 N–H and O–H groups in total. The van der Waals surface area contributed by atoms with Crippen LogP contribution in [0.1, 0.15) is 68.1 Å². The van der Waals surface area contributed by atoms with Crippen LogP contribution in [0.3, 0.4) is 0 Å². The number of ether oxygens (including phenoxy) is 1. The number of unbranched alkanes of at least 4 members (excludes halogenated alkanes) is 1. The number of rotatable bonds is 4. The van der Waals surface area contributed by atoms with Crippen LogP contribution in [0.25, 0.3) is 0 Å². The van der Waals surface area contributed by atoms with E-state index in [1.807, 2.05) is 0 Å². The van der Waals surface area contributed by atoms with Gasteiger partial charge in [0.2, 0.25) is 0 Å². The predicted octanol–water partition coefficient (Wildman–Crippen LogP) is 5.36. The first-order valence-corrected chi connectivity index (χ1v) is 9.92. The Hall–Kier alpha value is -1.09. The van der Waals surface area contributed by atoms with Gasteiger partial charge in [0, 0.05) is 18.5 Å². The lowest BCUT2D eigenvalue weighted by molar-refractivity contribution is 0.00123. The summed E-state index contributed by atoms with van der Waals surface area (Å²) in [6.45, 7) is 9.59. The summed E-state index contributed by atoms with van der Waals surface area (Å²) in [5.41, 5.74) is 4.86. The Morgan fingerprint density at radius 3 is 2.38 bits per heavy atom. The molecular formula is C21H31NOS. The summed E-state index contributed by atoms with van der Waals surface area (Å²) in [4.78, 5) is 2.27. The lowest BCUT2D eigenvalue weighted by atomic mass is 9.65. The number of hydrogen-bond acceptors (Lipinski definition) is 2. The Bertz CT molecular complexity index is 561. The fourth-order valence-electron chi connectivity index (χ4n) is 4.41. The molecule has 132 valence electrons. The molecule has 0 atom stereocenters. The molecule has 0 bridgehead atoms. The second-order valence-corrected chi connectivity index (χ2v) is 8.37. The van der Waals surface area contributed by atoms with Gasteiger partial charge >= 0.3 is 0 Å². The van der Waals surface area contributed by atoms with Gasteiger partial charge in [0.1, 0.15) is 0 Å². The van der Waals surface area contributed by atoms with Gasteiger partial charge in [-0.05, 0) is 69.7 Å². The number of benzene rings is 1. The zero-order chi connectivity index (χ0) is 17.2. The second kappa shape index (κ2) is 7.43. The molecule has 3 heteroatoms. The van der Waals surface area contributed by atoms with Crippen molar-refractivity contribution in [1.82, 2.24) is 4.90 Å². The van der Waals surface area contributed by atoms with Crippen LogP contribution in [0.15, 0.2) is 18.2 Å². The van der Waals surface area contributed by atoms with Crippen molar-refractivity contribution in [3.63, 3.8) is 0 Å². The van der Waals surface area contributed by atoms with Gasteiger partial charge in [0.25, 0.3) is 5.17 Å². The Morgan fingerprint density at radius 2 is 1.79 bits per heavy atom. The van der Waals surface area contributed by atoms with Crippen LogP contribution in [0, 0.1) is 19.3 Å². The Balaban J connectivity index is 1.49. The van der Waals surface area contributed by atoms with Crippen molar-refractivity contribution in [1.29, 1.82) is 0 Å². The van der Waals surface area contributed by atoms with Crippen molar-refractivity contribution >= 4 is 17.4 Å². The first-order valence-electron chi connectivity index (χ1n) is 9.51. The molecule has 1 aromatic carbocycles. The fourth-order valence-corrected chi connectivity index (χ4v) is 4.63. The van der Waals surface area contributed by atoms with Gasteiger partial charge < -0.3 is 9.64 Å². The van der Waals surface area contributed by atoms with Gasteiger partial charge in [0.05, 0.1) is 6.61 Å². The van der Waals surface area contributed by atoms with E-state index in [2.05, 4.69) is 43.9 Å². The van der Waals surface area contributed by atoms with E-state index in [4.69, 9.17) is 17.0 Å². The molecule has 1 aliphatic carbocycles. The standard InChI is InChI=1S/C21H31NOS/c1-4-5-10-23-20(24)22-14-21(15-22)8-6-18(7-9-21)19-12-16(2)11-17(3)13-19/h11-13,18H,4-10,14-15H2,1-3H3. The van der Waals surface area contributed by atoms with Crippen molar-refractivity contribution in [3.8, 4) is 0 Å². The van der Waals surface area contributed by atoms with Gasteiger partial charge in [-0.1, -0.05) is 42.7 Å². The molecule has 1 saturated carbocycles. The normalized spacial score (nSPS) is 20.0. The molecule has 1 spiro atoms. The molecule has 1 aliphatic heterocycles. The summed E-state index contributed by atoms with van der Waals surface area (Å²) in [6.07, 6.45) is 7.56. The van der Waals surface area contributed by atoms with Crippen molar-refractivity contribution < 1.29 is 4.74 Å². The monoisotopic (exact) mass is 345 g/mol.